The van der Waals surface area contributed by atoms with E-state index in [-0.39, 0.29) is 12.0 Å². The number of aliphatic hydroxyl groups excluding tert-OH is 1. The molecule has 0 aromatic heterocycles. The van der Waals surface area contributed by atoms with Gasteiger partial charge in [-0.15, -0.1) is 0 Å². The number of benzene rings is 1. The number of rotatable bonds is 7. The van der Waals surface area contributed by atoms with Gasteiger partial charge < -0.3 is 10.8 Å². The number of hydrogen-bond donors (Lipinski definition) is 2. The second kappa shape index (κ2) is 7.04. The molecule has 0 bridgehead atoms. The van der Waals surface area contributed by atoms with E-state index in [4.69, 9.17) is 5.73 Å². The molecule has 1 atom stereocenters. The Morgan fingerprint density at radius 3 is 2.71 bits per heavy atom. The maximum absolute atomic E-state index is 9.73. The molecule has 0 heterocycles. The first-order valence-electron chi connectivity index (χ1n) is 6.05. The zero-order chi connectivity index (χ0) is 12.7. The topological polar surface area (TPSA) is 46.2 Å². The Labute approximate surface area is 109 Å². The van der Waals surface area contributed by atoms with Crippen LogP contribution in [0.15, 0.2) is 24.3 Å². The average molecular weight is 253 g/mol. The molecule has 0 amide bonds. The summed E-state index contributed by atoms with van der Waals surface area (Å²) in [5.41, 5.74) is 8.04. The Kier molecular flexibility index (Phi) is 6.03. The summed E-state index contributed by atoms with van der Waals surface area (Å²) in [6.07, 6.45) is 4.15. The molecule has 0 aliphatic rings. The van der Waals surface area contributed by atoms with Crippen molar-refractivity contribution in [3.8, 4) is 0 Å². The fourth-order valence-corrected chi connectivity index (χ4v) is 2.56. The minimum Gasteiger partial charge on any atom is -0.395 e. The molecule has 1 unspecified atom stereocenters. The largest absolute Gasteiger partial charge is 0.395 e. The van der Waals surface area contributed by atoms with Crippen LogP contribution in [0.25, 0.3) is 0 Å². The number of thioether (sulfide) groups is 1. The molecule has 0 spiro atoms. The molecule has 1 aromatic carbocycles. The highest BCUT2D eigenvalue weighted by Crippen LogP contribution is 2.29. The van der Waals surface area contributed by atoms with Gasteiger partial charge in [0.05, 0.1) is 6.61 Å². The van der Waals surface area contributed by atoms with Crippen molar-refractivity contribution in [3.63, 3.8) is 0 Å². The fourth-order valence-electron chi connectivity index (χ4n) is 2.13. The normalized spacial score (nSPS) is 14.6. The predicted octanol–water partition coefficient (Wildman–Crippen LogP) is 2.33. The van der Waals surface area contributed by atoms with E-state index in [0.29, 0.717) is 6.54 Å². The van der Waals surface area contributed by atoms with Gasteiger partial charge in [-0.25, -0.2) is 0 Å². The molecular weight excluding hydrogens is 230 g/mol. The summed E-state index contributed by atoms with van der Waals surface area (Å²) in [4.78, 5) is 0. The van der Waals surface area contributed by atoms with Crippen molar-refractivity contribution in [2.24, 2.45) is 5.73 Å². The molecule has 0 radical (unpaired) electrons. The molecule has 17 heavy (non-hydrogen) atoms. The van der Waals surface area contributed by atoms with E-state index in [2.05, 4.69) is 31.4 Å². The van der Waals surface area contributed by atoms with Gasteiger partial charge in [-0.05, 0) is 37.3 Å². The quantitative estimate of drug-likeness (QED) is 0.733. The van der Waals surface area contributed by atoms with Gasteiger partial charge in [-0.2, -0.15) is 11.8 Å². The lowest BCUT2D eigenvalue weighted by Crippen LogP contribution is -2.39. The third-order valence-electron chi connectivity index (χ3n) is 3.33. The predicted molar refractivity (Wildman–Crippen MR) is 76.6 cm³/mol. The summed E-state index contributed by atoms with van der Waals surface area (Å²) in [6, 6.07) is 8.33. The van der Waals surface area contributed by atoms with Crippen LogP contribution in [-0.4, -0.2) is 30.3 Å². The van der Waals surface area contributed by atoms with E-state index >= 15 is 0 Å². The minimum absolute atomic E-state index is 0.126. The van der Waals surface area contributed by atoms with E-state index in [0.717, 1.165) is 18.6 Å². The van der Waals surface area contributed by atoms with Crippen LogP contribution < -0.4 is 5.73 Å². The number of aryl methyl sites for hydroxylation is 1. The van der Waals surface area contributed by atoms with Gasteiger partial charge in [-0.1, -0.05) is 29.8 Å². The first-order valence-corrected chi connectivity index (χ1v) is 7.45. The summed E-state index contributed by atoms with van der Waals surface area (Å²) in [6.45, 7) is 2.70. The van der Waals surface area contributed by atoms with Crippen LogP contribution in [0.5, 0.6) is 0 Å². The number of aliphatic hydroxyl groups is 1. The van der Waals surface area contributed by atoms with E-state index < -0.39 is 0 Å². The maximum atomic E-state index is 9.73. The Morgan fingerprint density at radius 1 is 1.41 bits per heavy atom. The van der Waals surface area contributed by atoms with Crippen molar-refractivity contribution in [3.05, 3.63) is 35.4 Å². The van der Waals surface area contributed by atoms with Crippen LogP contribution in [-0.2, 0) is 5.41 Å². The summed E-state index contributed by atoms with van der Waals surface area (Å²) in [5, 5.41) is 9.73. The van der Waals surface area contributed by atoms with Crippen molar-refractivity contribution in [2.45, 2.75) is 25.2 Å². The van der Waals surface area contributed by atoms with E-state index in [1.807, 2.05) is 17.8 Å². The van der Waals surface area contributed by atoms with Gasteiger partial charge in [0.1, 0.15) is 0 Å². The molecule has 0 saturated heterocycles. The van der Waals surface area contributed by atoms with Crippen molar-refractivity contribution < 1.29 is 5.11 Å². The average Bonchev–Trinajstić information content (AvgIpc) is 2.35. The monoisotopic (exact) mass is 253 g/mol. The molecule has 0 aliphatic carbocycles. The summed E-state index contributed by atoms with van der Waals surface area (Å²) >= 11 is 1.84. The third-order valence-corrected chi connectivity index (χ3v) is 4.02. The van der Waals surface area contributed by atoms with E-state index in [9.17, 15) is 5.11 Å². The second-order valence-corrected chi connectivity index (χ2v) is 5.59. The fraction of sp³-hybridized carbons (Fsp3) is 0.571. The second-order valence-electron chi connectivity index (χ2n) is 4.61. The van der Waals surface area contributed by atoms with Crippen LogP contribution >= 0.6 is 11.8 Å². The zero-order valence-electron chi connectivity index (χ0n) is 10.8. The molecule has 96 valence electrons. The van der Waals surface area contributed by atoms with Crippen LogP contribution in [0, 0.1) is 6.92 Å². The zero-order valence-corrected chi connectivity index (χ0v) is 11.6. The molecular formula is C14H23NOS. The molecule has 2 nitrogen and oxygen atoms in total. The molecule has 0 fully saturated rings. The molecule has 0 saturated carbocycles. The minimum atomic E-state index is -0.262. The highest BCUT2D eigenvalue weighted by Gasteiger charge is 2.29. The van der Waals surface area contributed by atoms with Crippen LogP contribution in [0.3, 0.4) is 0 Å². The maximum Gasteiger partial charge on any atom is 0.0540 e. The summed E-state index contributed by atoms with van der Waals surface area (Å²) in [7, 11) is 0. The lowest BCUT2D eigenvalue weighted by molar-refractivity contribution is 0.187. The standard InChI is InChI=1S/C14H23NOS/c1-12-5-3-6-13(9-12)14(10-15,11-16)7-4-8-17-2/h3,5-6,9,16H,4,7-8,10-11,15H2,1-2H3. The van der Waals surface area contributed by atoms with Crippen molar-refractivity contribution in [1.29, 1.82) is 0 Å². The van der Waals surface area contributed by atoms with Crippen molar-refractivity contribution in [2.75, 3.05) is 25.2 Å². The SMILES string of the molecule is CSCCCC(CN)(CO)c1cccc(C)c1. The first kappa shape index (κ1) is 14.6. The Balaban J connectivity index is 2.89. The third kappa shape index (κ3) is 3.73. The van der Waals surface area contributed by atoms with Crippen LogP contribution in [0.2, 0.25) is 0 Å². The molecule has 3 N–H and O–H groups in total. The lowest BCUT2D eigenvalue weighted by Gasteiger charge is -2.31. The van der Waals surface area contributed by atoms with Crippen molar-refractivity contribution in [1.82, 2.24) is 0 Å². The summed E-state index contributed by atoms with van der Waals surface area (Å²) in [5.74, 6) is 1.12. The van der Waals surface area contributed by atoms with Gasteiger partial charge in [0.25, 0.3) is 0 Å². The number of hydrogen-bond acceptors (Lipinski definition) is 3. The number of nitrogens with two attached hydrogens (primary N) is 1. The summed E-state index contributed by atoms with van der Waals surface area (Å²) < 4.78 is 0. The molecule has 0 aliphatic heterocycles. The highest BCUT2D eigenvalue weighted by atomic mass is 32.2. The smallest absolute Gasteiger partial charge is 0.0540 e. The van der Waals surface area contributed by atoms with Crippen LogP contribution in [0.4, 0.5) is 0 Å². The van der Waals surface area contributed by atoms with Crippen molar-refractivity contribution >= 4 is 11.8 Å². The van der Waals surface area contributed by atoms with E-state index in [1.54, 1.807) is 0 Å². The first-order chi connectivity index (χ1) is 8.18. The molecule has 1 rings (SSSR count). The van der Waals surface area contributed by atoms with Gasteiger partial charge >= 0.3 is 0 Å². The van der Waals surface area contributed by atoms with Gasteiger partial charge in [0.2, 0.25) is 0 Å². The van der Waals surface area contributed by atoms with Gasteiger partial charge in [-0.3, -0.25) is 0 Å². The Bertz CT molecular complexity index is 337. The molecule has 1 aromatic rings. The Morgan fingerprint density at radius 2 is 2.18 bits per heavy atom. The highest BCUT2D eigenvalue weighted by molar-refractivity contribution is 7.98. The van der Waals surface area contributed by atoms with Gasteiger partial charge in [0.15, 0.2) is 0 Å². The Hall–Kier alpha value is -0.510. The molecule has 3 heteroatoms. The van der Waals surface area contributed by atoms with Crippen LogP contribution in [0.1, 0.15) is 24.0 Å². The van der Waals surface area contributed by atoms with Gasteiger partial charge in [0, 0.05) is 12.0 Å². The van der Waals surface area contributed by atoms with E-state index in [1.165, 1.54) is 11.1 Å². The lowest BCUT2D eigenvalue weighted by atomic mass is 9.77.